The number of unbranched alkanes of at least 4 members (excludes halogenated alkanes) is 5. The maximum atomic E-state index is 11.0. The third-order valence-electron chi connectivity index (χ3n) is 3.10. The molecule has 1 N–H and O–H groups in total. The molecule has 0 aromatic carbocycles. The first-order valence-corrected chi connectivity index (χ1v) is 7.63. The molecule has 0 saturated heterocycles. The molecule has 0 amide bonds. The number of aromatic nitrogens is 2. The van der Waals surface area contributed by atoms with Gasteiger partial charge < -0.3 is 9.30 Å². The molecule has 1 heterocycles. The van der Waals surface area contributed by atoms with Crippen LogP contribution in [0, 0.1) is 4.77 Å². The van der Waals surface area contributed by atoms with E-state index < -0.39 is 0 Å². The molecular formula is C15H22N2O3S. The van der Waals surface area contributed by atoms with Gasteiger partial charge in [0.1, 0.15) is 0 Å². The number of hydrogen-bond acceptors (Lipinski definition) is 4. The van der Waals surface area contributed by atoms with Crippen LogP contribution in [-0.2, 0) is 16.1 Å². The first-order chi connectivity index (χ1) is 10.1. The molecule has 5 nitrogen and oxygen atoms in total. The Morgan fingerprint density at radius 2 is 1.95 bits per heavy atom. The minimum absolute atomic E-state index is 0.159. The maximum Gasteiger partial charge on any atom is 0.330 e. The van der Waals surface area contributed by atoms with Crippen LogP contribution in [0.2, 0.25) is 0 Å². The summed E-state index contributed by atoms with van der Waals surface area (Å²) in [5.41, 5.74) is -0.159. The lowest BCUT2D eigenvalue weighted by atomic mass is 10.1. The van der Waals surface area contributed by atoms with Gasteiger partial charge in [-0.1, -0.05) is 32.3 Å². The van der Waals surface area contributed by atoms with E-state index in [2.05, 4.69) is 11.6 Å². The van der Waals surface area contributed by atoms with Crippen LogP contribution in [0.4, 0.5) is 0 Å². The molecule has 0 aliphatic rings. The predicted molar refractivity (Wildman–Crippen MR) is 84.7 cm³/mol. The first-order valence-electron chi connectivity index (χ1n) is 7.22. The summed E-state index contributed by atoms with van der Waals surface area (Å²) in [6.07, 6.45) is 9.29. The number of H-pyrrole nitrogens is 1. The third kappa shape index (κ3) is 7.60. The normalized spacial score (nSPS) is 10.3. The van der Waals surface area contributed by atoms with E-state index in [1.165, 1.54) is 12.1 Å². The Kier molecular flexibility index (Phi) is 8.35. The lowest BCUT2D eigenvalue weighted by molar-refractivity contribution is -0.137. The quantitative estimate of drug-likeness (QED) is 0.312. The summed E-state index contributed by atoms with van der Waals surface area (Å²) in [5, 5.41) is 0. The zero-order valence-corrected chi connectivity index (χ0v) is 13.0. The summed E-state index contributed by atoms with van der Waals surface area (Å²) < 4.78 is 7.26. The molecule has 0 atom stereocenters. The van der Waals surface area contributed by atoms with Gasteiger partial charge >= 0.3 is 5.97 Å². The number of hydrogen-bond donors (Lipinski definition) is 1. The van der Waals surface area contributed by atoms with Crippen molar-refractivity contribution in [1.29, 1.82) is 0 Å². The molecular weight excluding hydrogens is 288 g/mol. The van der Waals surface area contributed by atoms with E-state index in [-0.39, 0.29) is 11.5 Å². The van der Waals surface area contributed by atoms with E-state index in [0.717, 1.165) is 45.1 Å². The molecule has 0 radical (unpaired) electrons. The number of ether oxygens (including phenoxy) is 1. The fourth-order valence-electron chi connectivity index (χ4n) is 1.94. The van der Waals surface area contributed by atoms with Crippen molar-refractivity contribution in [3.8, 4) is 0 Å². The van der Waals surface area contributed by atoms with Crippen molar-refractivity contribution in [2.75, 3.05) is 6.61 Å². The summed E-state index contributed by atoms with van der Waals surface area (Å²) in [5.74, 6) is -0.354. The molecule has 1 rings (SSSR count). The van der Waals surface area contributed by atoms with E-state index in [1.54, 1.807) is 6.20 Å². The maximum absolute atomic E-state index is 11.0. The molecule has 0 unspecified atom stereocenters. The Balaban J connectivity index is 2.02. The average Bonchev–Trinajstić information content (AvgIpc) is 2.47. The second-order valence-corrected chi connectivity index (χ2v) is 5.18. The fraction of sp³-hybridized carbons (Fsp3) is 0.533. The number of rotatable bonds is 10. The smallest absolute Gasteiger partial charge is 0.330 e. The Labute approximate surface area is 129 Å². The van der Waals surface area contributed by atoms with Crippen LogP contribution < -0.4 is 5.56 Å². The largest absolute Gasteiger partial charge is 0.463 e. The summed E-state index contributed by atoms with van der Waals surface area (Å²) in [7, 11) is 0. The van der Waals surface area contributed by atoms with Crippen LogP contribution in [0.3, 0.4) is 0 Å². The standard InChI is InChI=1S/C15H22N2O3S/c1-2-14(19)20-12-8-6-4-3-5-7-10-17-11-9-13(18)16-15(17)21/h2,9,11H,1,3-8,10,12H2,(H,16,18,21). The highest BCUT2D eigenvalue weighted by Gasteiger charge is 1.97. The molecule has 0 fully saturated rings. The molecule has 0 aliphatic carbocycles. The van der Waals surface area contributed by atoms with Gasteiger partial charge in [-0.05, 0) is 25.1 Å². The van der Waals surface area contributed by atoms with Crippen molar-refractivity contribution in [2.24, 2.45) is 0 Å². The summed E-state index contributed by atoms with van der Waals surface area (Å²) in [6, 6.07) is 1.49. The van der Waals surface area contributed by atoms with Gasteiger partial charge in [0.15, 0.2) is 4.77 Å². The minimum Gasteiger partial charge on any atom is -0.463 e. The van der Waals surface area contributed by atoms with E-state index in [4.69, 9.17) is 17.0 Å². The Bertz CT molecular complexity index is 563. The first kappa shape index (κ1) is 17.4. The van der Waals surface area contributed by atoms with Gasteiger partial charge in [0, 0.05) is 24.9 Å². The van der Waals surface area contributed by atoms with Crippen molar-refractivity contribution in [3.63, 3.8) is 0 Å². The minimum atomic E-state index is -0.354. The van der Waals surface area contributed by atoms with Gasteiger partial charge in [-0.2, -0.15) is 0 Å². The topological polar surface area (TPSA) is 64.1 Å². The highest BCUT2D eigenvalue weighted by Crippen LogP contribution is 2.07. The zero-order valence-electron chi connectivity index (χ0n) is 12.2. The monoisotopic (exact) mass is 310 g/mol. The van der Waals surface area contributed by atoms with Crippen molar-refractivity contribution in [1.82, 2.24) is 9.55 Å². The van der Waals surface area contributed by atoms with Crippen molar-refractivity contribution >= 4 is 18.2 Å². The van der Waals surface area contributed by atoms with Crippen LogP contribution >= 0.6 is 12.2 Å². The van der Waals surface area contributed by atoms with Crippen LogP contribution in [0.5, 0.6) is 0 Å². The van der Waals surface area contributed by atoms with Crippen molar-refractivity contribution in [3.05, 3.63) is 40.0 Å². The molecule has 0 spiro atoms. The SMILES string of the molecule is C=CC(=O)OCCCCCCCCn1ccc(=O)[nH]c1=S. The van der Waals surface area contributed by atoms with E-state index in [0.29, 0.717) is 11.4 Å². The number of aromatic amines is 1. The molecule has 1 aromatic rings. The highest BCUT2D eigenvalue weighted by atomic mass is 32.1. The predicted octanol–water partition coefficient (Wildman–Crippen LogP) is 2.98. The molecule has 0 bridgehead atoms. The van der Waals surface area contributed by atoms with Crippen LogP contribution in [0.15, 0.2) is 29.7 Å². The number of nitrogens with one attached hydrogen (secondary N) is 1. The number of nitrogens with zero attached hydrogens (tertiary/aromatic N) is 1. The van der Waals surface area contributed by atoms with Crippen molar-refractivity contribution in [2.45, 2.75) is 45.1 Å². The number of aryl methyl sites for hydroxylation is 1. The Morgan fingerprint density at radius 1 is 1.29 bits per heavy atom. The fourth-order valence-corrected chi connectivity index (χ4v) is 2.20. The Hall–Kier alpha value is -1.69. The lowest BCUT2D eigenvalue weighted by Crippen LogP contribution is -2.11. The Morgan fingerprint density at radius 3 is 2.62 bits per heavy atom. The van der Waals surface area contributed by atoms with Gasteiger partial charge in [-0.15, -0.1) is 0 Å². The third-order valence-corrected chi connectivity index (χ3v) is 3.44. The molecule has 0 aliphatic heterocycles. The zero-order chi connectivity index (χ0) is 15.5. The van der Waals surface area contributed by atoms with E-state index in [9.17, 15) is 9.59 Å². The second-order valence-electron chi connectivity index (χ2n) is 4.80. The number of esters is 1. The molecule has 21 heavy (non-hydrogen) atoms. The van der Waals surface area contributed by atoms with Crippen LogP contribution in [0.25, 0.3) is 0 Å². The summed E-state index contributed by atoms with van der Waals surface area (Å²) >= 11 is 5.08. The second kappa shape index (κ2) is 10.1. The van der Waals surface area contributed by atoms with Gasteiger partial charge in [-0.3, -0.25) is 9.78 Å². The molecule has 116 valence electrons. The summed E-state index contributed by atoms with van der Waals surface area (Å²) in [4.78, 5) is 24.4. The average molecular weight is 310 g/mol. The molecule has 1 aromatic heterocycles. The number of carbonyl (C=O) groups excluding carboxylic acids is 1. The van der Waals surface area contributed by atoms with Gasteiger partial charge in [-0.25, -0.2) is 4.79 Å². The lowest BCUT2D eigenvalue weighted by Gasteiger charge is -2.06. The van der Waals surface area contributed by atoms with Crippen LogP contribution in [0.1, 0.15) is 38.5 Å². The van der Waals surface area contributed by atoms with Crippen molar-refractivity contribution < 1.29 is 9.53 Å². The van der Waals surface area contributed by atoms with Gasteiger partial charge in [0.05, 0.1) is 6.61 Å². The highest BCUT2D eigenvalue weighted by molar-refractivity contribution is 7.71. The van der Waals surface area contributed by atoms with E-state index in [1.807, 2.05) is 4.57 Å². The molecule has 0 saturated carbocycles. The van der Waals surface area contributed by atoms with E-state index >= 15 is 0 Å². The summed E-state index contributed by atoms with van der Waals surface area (Å²) in [6.45, 7) is 4.64. The number of carbonyl (C=O) groups is 1. The molecule has 6 heteroatoms. The van der Waals surface area contributed by atoms with Crippen LogP contribution in [-0.4, -0.2) is 22.1 Å². The van der Waals surface area contributed by atoms with Gasteiger partial charge in [0.2, 0.25) is 0 Å². The van der Waals surface area contributed by atoms with Gasteiger partial charge in [0.25, 0.3) is 5.56 Å².